The summed E-state index contributed by atoms with van der Waals surface area (Å²) in [5.41, 5.74) is 9.18. The summed E-state index contributed by atoms with van der Waals surface area (Å²) in [6.07, 6.45) is 2.36. The van der Waals surface area contributed by atoms with E-state index in [1.165, 1.54) is 0 Å². The van der Waals surface area contributed by atoms with E-state index < -0.39 is 9.84 Å². The van der Waals surface area contributed by atoms with Gasteiger partial charge in [-0.05, 0) is 60.9 Å². The highest BCUT2D eigenvalue weighted by Gasteiger charge is 2.12. The van der Waals surface area contributed by atoms with E-state index in [0.29, 0.717) is 17.0 Å². The van der Waals surface area contributed by atoms with E-state index in [9.17, 15) is 8.42 Å². The minimum absolute atomic E-state index is 0.167. The van der Waals surface area contributed by atoms with Crippen molar-refractivity contribution >= 4 is 27.4 Å². The van der Waals surface area contributed by atoms with Crippen LogP contribution in [0.25, 0.3) is 0 Å². The maximum Gasteiger partial charge on any atom is 0.178 e. The van der Waals surface area contributed by atoms with Crippen molar-refractivity contribution in [3.63, 3.8) is 0 Å². The van der Waals surface area contributed by atoms with Crippen molar-refractivity contribution in [2.24, 2.45) is 4.99 Å². The molecule has 0 heterocycles. The number of anilines is 1. The lowest BCUT2D eigenvalue weighted by molar-refractivity contribution is 0.595. The maximum absolute atomic E-state index is 11.9. The molecule has 0 atom stereocenters. The predicted octanol–water partition coefficient (Wildman–Crippen LogP) is 3.51. The van der Waals surface area contributed by atoms with E-state index in [1.807, 2.05) is 32.0 Å². The Labute approximate surface area is 131 Å². The summed E-state index contributed by atoms with van der Waals surface area (Å²) in [7, 11) is -3.17. The van der Waals surface area contributed by atoms with Crippen molar-refractivity contribution in [1.82, 2.24) is 0 Å². The van der Waals surface area contributed by atoms with Gasteiger partial charge >= 0.3 is 0 Å². The molecule has 2 N–H and O–H groups in total. The van der Waals surface area contributed by atoms with Gasteiger partial charge in [-0.25, -0.2) is 8.42 Å². The first kappa shape index (κ1) is 16.2. The minimum Gasteiger partial charge on any atom is -0.399 e. The van der Waals surface area contributed by atoms with Crippen LogP contribution in [0.5, 0.6) is 0 Å². The summed E-state index contributed by atoms with van der Waals surface area (Å²) in [5.74, 6) is 0.167. The molecule has 0 fully saturated rings. The van der Waals surface area contributed by atoms with E-state index in [2.05, 4.69) is 4.99 Å². The van der Waals surface area contributed by atoms with Crippen LogP contribution in [0.4, 0.5) is 11.4 Å². The van der Waals surface area contributed by atoms with E-state index in [-0.39, 0.29) is 5.75 Å². The van der Waals surface area contributed by atoms with Crippen LogP contribution in [0.1, 0.15) is 24.5 Å². The van der Waals surface area contributed by atoms with Crippen LogP contribution in [0, 0.1) is 6.92 Å². The quantitative estimate of drug-likeness (QED) is 0.677. The number of aryl methyl sites for hydroxylation is 1. The van der Waals surface area contributed by atoms with Gasteiger partial charge in [0.2, 0.25) is 0 Å². The number of nitrogens with two attached hydrogens (primary N) is 1. The van der Waals surface area contributed by atoms with Crippen LogP contribution in [0.2, 0.25) is 0 Å². The van der Waals surface area contributed by atoms with Gasteiger partial charge in [-0.15, -0.1) is 0 Å². The smallest absolute Gasteiger partial charge is 0.178 e. The number of hydrogen-bond donors (Lipinski definition) is 1. The molecule has 0 bridgehead atoms. The van der Waals surface area contributed by atoms with Crippen LogP contribution in [-0.2, 0) is 9.84 Å². The Morgan fingerprint density at radius 3 is 2.41 bits per heavy atom. The Morgan fingerprint density at radius 2 is 1.82 bits per heavy atom. The lowest BCUT2D eigenvalue weighted by atomic mass is 10.1. The Balaban J connectivity index is 2.19. The van der Waals surface area contributed by atoms with Crippen molar-refractivity contribution in [2.75, 3.05) is 11.5 Å². The zero-order chi connectivity index (χ0) is 16.2. The van der Waals surface area contributed by atoms with Gasteiger partial charge in [-0.2, -0.15) is 0 Å². The average Bonchev–Trinajstić information content (AvgIpc) is 2.47. The van der Waals surface area contributed by atoms with Crippen molar-refractivity contribution < 1.29 is 8.42 Å². The summed E-state index contributed by atoms with van der Waals surface area (Å²) in [5, 5.41) is 0. The molecule has 0 saturated carbocycles. The van der Waals surface area contributed by atoms with Gasteiger partial charge in [-0.3, -0.25) is 4.99 Å². The molecule has 0 aliphatic heterocycles. The molecular weight excluding hydrogens is 296 g/mol. The maximum atomic E-state index is 11.9. The number of nitrogen functional groups attached to an aromatic ring is 1. The Kier molecular flexibility index (Phi) is 4.98. The number of rotatable bonds is 5. The molecule has 0 spiro atoms. The van der Waals surface area contributed by atoms with E-state index in [4.69, 9.17) is 5.73 Å². The first-order valence-corrected chi connectivity index (χ1v) is 8.80. The fourth-order valence-electron chi connectivity index (χ4n) is 2.11. The molecule has 0 saturated heterocycles. The fraction of sp³-hybridized carbons (Fsp3) is 0.235. The van der Waals surface area contributed by atoms with Gasteiger partial charge in [0.25, 0.3) is 0 Å². The molecule has 0 unspecified atom stereocenters. The van der Waals surface area contributed by atoms with Gasteiger partial charge in [0.05, 0.1) is 16.3 Å². The Hall–Kier alpha value is -2.14. The summed E-state index contributed by atoms with van der Waals surface area (Å²) < 4.78 is 23.9. The standard InChI is InChI=1S/C17H20N2O2S/c1-3-10-22(20,21)17-8-6-16(7-9-17)19-12-14-4-5-15(18)11-13(14)2/h4-9,11-12H,3,10,18H2,1-2H3. The van der Waals surface area contributed by atoms with Crippen LogP contribution >= 0.6 is 0 Å². The summed E-state index contributed by atoms with van der Waals surface area (Å²) >= 11 is 0. The molecule has 0 aromatic heterocycles. The van der Waals surface area contributed by atoms with Crippen LogP contribution in [-0.4, -0.2) is 20.4 Å². The third kappa shape index (κ3) is 3.95. The van der Waals surface area contributed by atoms with Gasteiger partial charge in [-0.1, -0.05) is 13.0 Å². The first-order valence-electron chi connectivity index (χ1n) is 7.15. The topological polar surface area (TPSA) is 72.5 Å². The second-order valence-corrected chi connectivity index (χ2v) is 7.30. The Morgan fingerprint density at radius 1 is 1.14 bits per heavy atom. The number of sulfone groups is 1. The van der Waals surface area contributed by atoms with E-state index in [0.717, 1.165) is 16.8 Å². The SMILES string of the molecule is CCCS(=O)(=O)c1ccc(N=Cc2ccc(N)cc2C)cc1. The van der Waals surface area contributed by atoms with Gasteiger partial charge in [0, 0.05) is 11.9 Å². The van der Waals surface area contributed by atoms with Gasteiger partial charge < -0.3 is 5.73 Å². The van der Waals surface area contributed by atoms with Gasteiger partial charge in [0.15, 0.2) is 9.84 Å². The van der Waals surface area contributed by atoms with E-state index >= 15 is 0 Å². The summed E-state index contributed by atoms with van der Waals surface area (Å²) in [6.45, 7) is 3.82. The third-order valence-corrected chi connectivity index (χ3v) is 5.25. The monoisotopic (exact) mass is 316 g/mol. The molecule has 4 nitrogen and oxygen atoms in total. The summed E-state index contributed by atoms with van der Waals surface area (Å²) in [4.78, 5) is 4.72. The number of hydrogen-bond acceptors (Lipinski definition) is 4. The van der Waals surface area contributed by atoms with Crippen LogP contribution in [0.15, 0.2) is 52.4 Å². The largest absolute Gasteiger partial charge is 0.399 e. The van der Waals surface area contributed by atoms with Crippen molar-refractivity contribution in [3.8, 4) is 0 Å². The van der Waals surface area contributed by atoms with Crippen molar-refractivity contribution in [3.05, 3.63) is 53.6 Å². The molecule has 5 heteroatoms. The highest BCUT2D eigenvalue weighted by molar-refractivity contribution is 7.91. The molecule has 2 rings (SSSR count). The van der Waals surface area contributed by atoms with E-state index in [1.54, 1.807) is 30.5 Å². The lowest BCUT2D eigenvalue weighted by Gasteiger charge is -2.03. The average molecular weight is 316 g/mol. The second-order valence-electron chi connectivity index (χ2n) is 5.19. The lowest BCUT2D eigenvalue weighted by Crippen LogP contribution is -2.05. The van der Waals surface area contributed by atoms with Crippen molar-refractivity contribution in [2.45, 2.75) is 25.2 Å². The third-order valence-electron chi connectivity index (χ3n) is 3.32. The summed E-state index contributed by atoms with van der Waals surface area (Å²) in [6, 6.07) is 12.3. The first-order chi connectivity index (χ1) is 10.4. The molecule has 0 radical (unpaired) electrons. The fourth-order valence-corrected chi connectivity index (χ4v) is 3.44. The molecule has 2 aromatic rings. The molecule has 22 heavy (non-hydrogen) atoms. The van der Waals surface area contributed by atoms with Crippen LogP contribution in [0.3, 0.4) is 0 Å². The highest BCUT2D eigenvalue weighted by Crippen LogP contribution is 2.19. The second kappa shape index (κ2) is 6.75. The minimum atomic E-state index is -3.17. The van der Waals surface area contributed by atoms with Crippen molar-refractivity contribution in [1.29, 1.82) is 0 Å². The molecule has 0 aliphatic rings. The number of aliphatic imine (C=N–C) groups is 1. The number of nitrogens with zero attached hydrogens (tertiary/aromatic N) is 1. The van der Waals surface area contributed by atoms with Crippen LogP contribution < -0.4 is 5.73 Å². The Bertz CT molecular complexity index is 779. The molecule has 2 aromatic carbocycles. The molecule has 0 amide bonds. The predicted molar refractivity (Wildman–Crippen MR) is 91.6 cm³/mol. The highest BCUT2D eigenvalue weighted by atomic mass is 32.2. The molecule has 116 valence electrons. The van der Waals surface area contributed by atoms with Gasteiger partial charge in [0.1, 0.15) is 0 Å². The molecule has 0 aliphatic carbocycles. The zero-order valence-electron chi connectivity index (χ0n) is 12.8. The number of benzene rings is 2. The zero-order valence-corrected chi connectivity index (χ0v) is 13.6. The molecular formula is C17H20N2O2S. The normalized spacial score (nSPS) is 11.9.